The van der Waals surface area contributed by atoms with Crippen molar-refractivity contribution >= 4 is 5.82 Å². The Morgan fingerprint density at radius 1 is 1.47 bits per heavy atom. The van der Waals surface area contributed by atoms with Crippen LogP contribution in [0.1, 0.15) is 32.3 Å². The highest BCUT2D eigenvalue weighted by Gasteiger charge is 2.15. The minimum Gasteiger partial charge on any atom is -0.377 e. The van der Waals surface area contributed by atoms with E-state index in [9.17, 15) is 0 Å². The second-order valence-electron chi connectivity index (χ2n) is 5.18. The van der Waals surface area contributed by atoms with E-state index in [-0.39, 0.29) is 6.10 Å². The van der Waals surface area contributed by atoms with Gasteiger partial charge in [-0.05, 0) is 37.9 Å². The predicted molar refractivity (Wildman–Crippen MR) is 78.5 cm³/mol. The molecular weight excluding hydrogens is 238 g/mol. The van der Waals surface area contributed by atoms with Gasteiger partial charge in [-0.25, -0.2) is 4.98 Å². The van der Waals surface area contributed by atoms with Crippen molar-refractivity contribution in [2.24, 2.45) is 0 Å². The lowest BCUT2D eigenvalue weighted by Gasteiger charge is -2.23. The van der Waals surface area contributed by atoms with Crippen LogP contribution in [0, 0.1) is 0 Å². The van der Waals surface area contributed by atoms with E-state index < -0.39 is 0 Å². The van der Waals surface area contributed by atoms with Crippen LogP contribution >= 0.6 is 0 Å². The normalized spacial score (nSPS) is 20.3. The molecule has 2 rings (SSSR count). The van der Waals surface area contributed by atoms with Gasteiger partial charge in [0, 0.05) is 32.4 Å². The molecule has 0 radical (unpaired) electrons. The van der Waals surface area contributed by atoms with Crippen LogP contribution in [0.5, 0.6) is 0 Å². The Kier molecular flexibility index (Phi) is 5.61. The first-order valence-electron chi connectivity index (χ1n) is 7.31. The maximum absolute atomic E-state index is 5.66. The van der Waals surface area contributed by atoms with Crippen LogP contribution in [0.25, 0.3) is 0 Å². The Balaban J connectivity index is 1.93. The van der Waals surface area contributed by atoms with Gasteiger partial charge in [-0.1, -0.05) is 13.0 Å². The molecule has 0 amide bonds. The Morgan fingerprint density at radius 2 is 2.37 bits per heavy atom. The van der Waals surface area contributed by atoms with Gasteiger partial charge in [0.25, 0.3) is 0 Å². The third kappa shape index (κ3) is 4.48. The van der Waals surface area contributed by atoms with Gasteiger partial charge in [-0.2, -0.15) is 0 Å². The number of ether oxygens (including phenoxy) is 1. The number of anilines is 1. The van der Waals surface area contributed by atoms with Crippen molar-refractivity contribution < 1.29 is 4.74 Å². The molecule has 1 aromatic rings. The number of hydrogen-bond donors (Lipinski definition) is 1. The van der Waals surface area contributed by atoms with E-state index in [2.05, 4.69) is 41.2 Å². The molecule has 1 aliphatic heterocycles. The molecule has 1 saturated heterocycles. The smallest absolute Gasteiger partial charge is 0.128 e. The molecule has 1 aliphatic rings. The largest absolute Gasteiger partial charge is 0.377 e. The van der Waals surface area contributed by atoms with Crippen LogP contribution in [0.15, 0.2) is 18.3 Å². The van der Waals surface area contributed by atoms with Crippen molar-refractivity contribution in [2.45, 2.75) is 39.3 Å². The lowest BCUT2D eigenvalue weighted by molar-refractivity contribution is 0.0820. The number of aromatic nitrogens is 1. The number of hydrogen-bond acceptors (Lipinski definition) is 4. The van der Waals surface area contributed by atoms with Gasteiger partial charge >= 0.3 is 0 Å². The van der Waals surface area contributed by atoms with Crippen molar-refractivity contribution in [3.05, 3.63) is 23.9 Å². The van der Waals surface area contributed by atoms with Gasteiger partial charge in [-0.3, -0.25) is 0 Å². The second-order valence-corrected chi connectivity index (χ2v) is 5.18. The molecule has 1 fully saturated rings. The Morgan fingerprint density at radius 3 is 3.11 bits per heavy atom. The number of pyridine rings is 1. The predicted octanol–water partition coefficient (Wildman–Crippen LogP) is 2.20. The summed E-state index contributed by atoms with van der Waals surface area (Å²) in [6, 6.07) is 4.29. The molecule has 4 nitrogen and oxygen atoms in total. The first-order valence-corrected chi connectivity index (χ1v) is 7.31. The molecule has 0 aliphatic carbocycles. The second kappa shape index (κ2) is 7.46. The molecule has 106 valence electrons. The van der Waals surface area contributed by atoms with Crippen molar-refractivity contribution in [3.63, 3.8) is 0 Å². The molecule has 19 heavy (non-hydrogen) atoms. The Hall–Kier alpha value is -1.13. The quantitative estimate of drug-likeness (QED) is 0.826. The first-order chi connectivity index (χ1) is 9.29. The molecule has 1 unspecified atom stereocenters. The van der Waals surface area contributed by atoms with E-state index in [1.165, 1.54) is 5.56 Å². The van der Waals surface area contributed by atoms with Crippen molar-refractivity contribution in [1.82, 2.24) is 10.3 Å². The summed E-state index contributed by atoms with van der Waals surface area (Å²) in [4.78, 5) is 6.91. The van der Waals surface area contributed by atoms with E-state index in [1.54, 1.807) is 0 Å². The fraction of sp³-hybridized carbons (Fsp3) is 0.667. The summed E-state index contributed by atoms with van der Waals surface area (Å²) >= 11 is 0. The zero-order valence-corrected chi connectivity index (χ0v) is 12.1. The summed E-state index contributed by atoms with van der Waals surface area (Å²) in [7, 11) is 0. The minimum atomic E-state index is 0.287. The molecule has 1 N–H and O–H groups in total. The van der Waals surface area contributed by atoms with Crippen LogP contribution in [0.3, 0.4) is 0 Å². The summed E-state index contributed by atoms with van der Waals surface area (Å²) in [5.41, 5.74) is 1.25. The molecule has 0 aromatic carbocycles. The third-order valence-electron chi connectivity index (χ3n) is 3.34. The van der Waals surface area contributed by atoms with Crippen LogP contribution in [-0.2, 0) is 11.3 Å². The highest BCUT2D eigenvalue weighted by Crippen LogP contribution is 2.15. The molecular formula is C15H25N3O. The van der Waals surface area contributed by atoms with Gasteiger partial charge in [0.15, 0.2) is 0 Å². The molecule has 1 aromatic heterocycles. The average Bonchev–Trinajstić information content (AvgIpc) is 2.65. The lowest BCUT2D eigenvalue weighted by atomic mass is 10.2. The molecule has 0 bridgehead atoms. The Bertz CT molecular complexity index is 366. The van der Waals surface area contributed by atoms with Crippen LogP contribution in [0.2, 0.25) is 0 Å². The van der Waals surface area contributed by atoms with Gasteiger partial charge in [0.1, 0.15) is 5.82 Å². The van der Waals surface area contributed by atoms with Crippen molar-refractivity contribution in [1.29, 1.82) is 0 Å². The third-order valence-corrected chi connectivity index (χ3v) is 3.34. The van der Waals surface area contributed by atoms with Crippen LogP contribution in [0.4, 0.5) is 5.82 Å². The summed E-state index contributed by atoms with van der Waals surface area (Å²) in [5, 5.41) is 3.39. The fourth-order valence-corrected chi connectivity index (χ4v) is 2.32. The Labute approximate surface area is 116 Å². The molecule has 1 atom stereocenters. The zero-order valence-electron chi connectivity index (χ0n) is 12.1. The number of nitrogens with zero attached hydrogens (tertiary/aromatic N) is 2. The molecule has 0 spiro atoms. The van der Waals surface area contributed by atoms with Crippen molar-refractivity contribution in [3.8, 4) is 0 Å². The van der Waals surface area contributed by atoms with Gasteiger partial charge < -0.3 is 15.0 Å². The highest BCUT2D eigenvalue weighted by molar-refractivity contribution is 5.39. The number of nitrogens with one attached hydrogen (secondary N) is 1. The van der Waals surface area contributed by atoms with E-state index >= 15 is 0 Å². The topological polar surface area (TPSA) is 37.4 Å². The van der Waals surface area contributed by atoms with E-state index in [0.717, 1.165) is 51.4 Å². The highest BCUT2D eigenvalue weighted by atomic mass is 16.5. The van der Waals surface area contributed by atoms with E-state index in [0.29, 0.717) is 0 Å². The van der Waals surface area contributed by atoms with E-state index in [1.807, 2.05) is 6.20 Å². The summed E-state index contributed by atoms with van der Waals surface area (Å²) in [6.07, 6.45) is 4.51. The molecule has 0 saturated carbocycles. The van der Waals surface area contributed by atoms with Gasteiger partial charge in [-0.15, -0.1) is 0 Å². The maximum atomic E-state index is 5.66. The maximum Gasteiger partial charge on any atom is 0.128 e. The summed E-state index contributed by atoms with van der Waals surface area (Å²) in [6.45, 7) is 9.09. The number of rotatable bonds is 5. The van der Waals surface area contributed by atoms with Gasteiger partial charge in [0.05, 0.1) is 6.10 Å². The van der Waals surface area contributed by atoms with Crippen LogP contribution < -0.4 is 10.2 Å². The summed E-state index contributed by atoms with van der Waals surface area (Å²) < 4.78 is 5.66. The lowest BCUT2D eigenvalue weighted by Crippen LogP contribution is -2.30. The average molecular weight is 263 g/mol. The monoisotopic (exact) mass is 263 g/mol. The standard InChI is InChI=1S/C15H25N3O/c1-3-7-16-10-14-5-6-15(17-11-14)18-8-4-9-19-13(2)12-18/h5-6,11,13,16H,3-4,7-10,12H2,1-2H3. The first kappa shape index (κ1) is 14.3. The minimum absolute atomic E-state index is 0.287. The molecule has 2 heterocycles. The molecule has 4 heteroatoms. The van der Waals surface area contributed by atoms with E-state index in [4.69, 9.17) is 4.74 Å². The van der Waals surface area contributed by atoms with Gasteiger partial charge in [0.2, 0.25) is 0 Å². The van der Waals surface area contributed by atoms with Crippen LogP contribution in [-0.4, -0.2) is 37.3 Å². The summed E-state index contributed by atoms with van der Waals surface area (Å²) in [5.74, 6) is 1.07. The van der Waals surface area contributed by atoms with Crippen molar-refractivity contribution in [2.75, 3.05) is 31.1 Å². The zero-order chi connectivity index (χ0) is 13.5. The SMILES string of the molecule is CCCNCc1ccc(N2CCCOC(C)C2)nc1. The fourth-order valence-electron chi connectivity index (χ4n) is 2.32.